The van der Waals surface area contributed by atoms with Crippen LogP contribution in [0.25, 0.3) is 0 Å². The van der Waals surface area contributed by atoms with E-state index in [2.05, 4.69) is 68.8 Å². The van der Waals surface area contributed by atoms with Crippen LogP contribution >= 0.6 is 11.3 Å². The molecule has 2 N–H and O–H groups in total. The van der Waals surface area contributed by atoms with Gasteiger partial charge in [-0.05, 0) is 72.9 Å². The van der Waals surface area contributed by atoms with Gasteiger partial charge in [-0.3, -0.25) is 4.79 Å². The van der Waals surface area contributed by atoms with Gasteiger partial charge in [0, 0.05) is 22.6 Å². The summed E-state index contributed by atoms with van der Waals surface area (Å²) < 4.78 is 0. The van der Waals surface area contributed by atoms with Crippen LogP contribution in [0.1, 0.15) is 54.3 Å². The number of Topliss-reactive ketones (excluding diaryl/α,β-unsaturated/α-hetero) is 1. The van der Waals surface area contributed by atoms with Crippen molar-refractivity contribution in [2.45, 2.75) is 53.5 Å². The van der Waals surface area contributed by atoms with Crippen LogP contribution in [0.2, 0.25) is 0 Å². The molecule has 136 valence electrons. The van der Waals surface area contributed by atoms with Gasteiger partial charge >= 0.3 is 0 Å². The number of hydrogen-bond acceptors (Lipinski definition) is 4. The number of fused-ring (bicyclic) bond motifs is 1. The lowest BCUT2D eigenvalue weighted by molar-refractivity contribution is -0.118. The van der Waals surface area contributed by atoms with Crippen molar-refractivity contribution in [3.63, 3.8) is 0 Å². The van der Waals surface area contributed by atoms with Gasteiger partial charge in [-0.1, -0.05) is 13.8 Å². The van der Waals surface area contributed by atoms with Crippen molar-refractivity contribution >= 4 is 28.5 Å². The summed E-state index contributed by atoms with van der Waals surface area (Å²) in [6, 6.07) is 6.45. The highest BCUT2D eigenvalue weighted by atomic mass is 32.1. The molecule has 1 aromatic heterocycles. The maximum absolute atomic E-state index is 13.2. The molecule has 1 atom stereocenters. The van der Waals surface area contributed by atoms with Crippen molar-refractivity contribution in [2.75, 3.05) is 10.6 Å². The Labute approximate surface area is 159 Å². The second-order valence-electron chi connectivity index (χ2n) is 8.49. The fourth-order valence-electron chi connectivity index (χ4n) is 4.09. The number of allylic oxidation sites excluding steroid dienone is 1. The van der Waals surface area contributed by atoms with Gasteiger partial charge in [0.05, 0.1) is 17.4 Å². The summed E-state index contributed by atoms with van der Waals surface area (Å²) in [6.45, 7) is 10.8. The molecule has 1 aliphatic carbocycles. The average molecular weight is 367 g/mol. The van der Waals surface area contributed by atoms with Crippen LogP contribution in [0.15, 0.2) is 34.8 Å². The molecule has 0 radical (unpaired) electrons. The second kappa shape index (κ2) is 5.98. The van der Waals surface area contributed by atoms with Crippen molar-refractivity contribution < 1.29 is 4.79 Å². The molecule has 1 aliphatic heterocycles. The largest absolute Gasteiger partial charge is 0.372 e. The number of nitrogens with one attached hydrogen (secondary N) is 2. The third-order valence-electron chi connectivity index (χ3n) is 5.59. The summed E-state index contributed by atoms with van der Waals surface area (Å²) in [7, 11) is 0. The van der Waals surface area contributed by atoms with E-state index in [0.29, 0.717) is 6.42 Å². The van der Waals surface area contributed by atoms with Crippen molar-refractivity contribution in [2.24, 2.45) is 5.41 Å². The van der Waals surface area contributed by atoms with Crippen molar-refractivity contribution in [3.05, 3.63) is 56.4 Å². The molecule has 0 saturated carbocycles. The highest BCUT2D eigenvalue weighted by molar-refractivity contribution is 7.10. The smallest absolute Gasteiger partial charge is 0.163 e. The third kappa shape index (κ3) is 2.86. The molecule has 0 unspecified atom stereocenters. The zero-order chi connectivity index (χ0) is 18.6. The summed E-state index contributed by atoms with van der Waals surface area (Å²) in [5, 5.41) is 9.44. The van der Waals surface area contributed by atoms with Gasteiger partial charge in [0.1, 0.15) is 0 Å². The number of thiophene rings is 1. The zero-order valence-corrected chi connectivity index (χ0v) is 16.9. The van der Waals surface area contributed by atoms with Crippen molar-refractivity contribution in [3.8, 4) is 0 Å². The second-order valence-corrected chi connectivity index (χ2v) is 9.43. The number of aryl methyl sites for hydroxylation is 3. The lowest BCUT2D eigenvalue weighted by Crippen LogP contribution is -2.31. The van der Waals surface area contributed by atoms with Gasteiger partial charge in [-0.25, -0.2) is 0 Å². The summed E-state index contributed by atoms with van der Waals surface area (Å²) in [5.41, 5.74) is 7.89. The Hall–Kier alpha value is -2.07. The van der Waals surface area contributed by atoms with Crippen molar-refractivity contribution in [1.82, 2.24) is 0 Å². The number of carbonyl (C=O) groups is 1. The van der Waals surface area contributed by atoms with Crippen LogP contribution in [-0.2, 0) is 4.79 Å². The van der Waals surface area contributed by atoms with E-state index in [9.17, 15) is 4.79 Å². The van der Waals surface area contributed by atoms with Gasteiger partial charge in [-0.15, -0.1) is 11.3 Å². The molecular weight excluding hydrogens is 340 g/mol. The molecule has 0 bridgehead atoms. The van der Waals surface area contributed by atoms with Crippen LogP contribution < -0.4 is 10.6 Å². The lowest BCUT2D eigenvalue weighted by Gasteiger charge is -2.34. The Morgan fingerprint density at radius 2 is 1.73 bits per heavy atom. The minimum Gasteiger partial charge on any atom is -0.372 e. The van der Waals surface area contributed by atoms with Crippen LogP contribution in [-0.4, -0.2) is 5.78 Å². The normalized spacial score (nSPS) is 21.4. The standard InChI is InChI=1S/C22H26N2OS/c1-12-6-7-26-21(12)20-19-17(10-22(4,5)11-18(19)25)23-15-8-13(2)14(3)9-16(15)24-20/h6-9,20,23-24H,10-11H2,1-5H3/t20-/m1/s1. The number of carbonyl (C=O) groups excluding carboxylic acids is 1. The lowest BCUT2D eigenvalue weighted by atomic mass is 9.74. The molecule has 0 fully saturated rings. The van der Waals surface area contributed by atoms with Gasteiger partial charge < -0.3 is 10.6 Å². The molecule has 26 heavy (non-hydrogen) atoms. The van der Waals surface area contributed by atoms with Gasteiger partial charge in [0.2, 0.25) is 0 Å². The van der Waals surface area contributed by atoms with Crippen LogP contribution in [0.3, 0.4) is 0 Å². The summed E-state index contributed by atoms with van der Waals surface area (Å²) in [5.74, 6) is 0.260. The predicted molar refractivity (Wildman–Crippen MR) is 110 cm³/mol. The number of benzene rings is 1. The van der Waals surface area contributed by atoms with Crippen LogP contribution in [0.4, 0.5) is 11.4 Å². The molecule has 3 nitrogen and oxygen atoms in total. The quantitative estimate of drug-likeness (QED) is 0.660. The highest BCUT2D eigenvalue weighted by Gasteiger charge is 2.39. The molecule has 2 aromatic rings. The van der Waals surface area contributed by atoms with Crippen LogP contribution in [0.5, 0.6) is 0 Å². The predicted octanol–water partition coefficient (Wildman–Crippen LogP) is 5.90. The van der Waals surface area contributed by atoms with Crippen molar-refractivity contribution in [1.29, 1.82) is 0 Å². The van der Waals surface area contributed by atoms with E-state index in [0.717, 1.165) is 29.1 Å². The maximum atomic E-state index is 13.2. The number of rotatable bonds is 1. The number of anilines is 2. The van der Waals surface area contributed by atoms with E-state index >= 15 is 0 Å². The molecule has 0 spiro atoms. The molecule has 4 heteroatoms. The van der Waals surface area contributed by atoms with E-state index in [1.807, 2.05) is 0 Å². The Morgan fingerprint density at radius 3 is 2.38 bits per heavy atom. The van der Waals surface area contributed by atoms with Gasteiger partial charge in [0.15, 0.2) is 5.78 Å². The third-order valence-corrected chi connectivity index (χ3v) is 6.68. The Balaban J connectivity index is 1.92. The highest BCUT2D eigenvalue weighted by Crippen LogP contribution is 2.47. The molecule has 0 saturated heterocycles. The fraction of sp³-hybridized carbons (Fsp3) is 0.409. The minimum absolute atomic E-state index is 0.0117. The molecule has 1 aromatic carbocycles. The minimum atomic E-state index is -0.0792. The molecule has 2 heterocycles. The van der Waals surface area contributed by atoms with E-state index in [1.54, 1.807) is 11.3 Å². The first kappa shape index (κ1) is 17.3. The molecule has 2 aliphatic rings. The fourth-order valence-corrected chi connectivity index (χ4v) is 5.07. The monoisotopic (exact) mass is 366 g/mol. The first-order valence-electron chi connectivity index (χ1n) is 9.20. The SMILES string of the molecule is Cc1cc2c(cc1C)N[C@@H](c1sccc1C)C1=C(CC(C)(C)CC1=O)N2. The Kier molecular flexibility index (Phi) is 3.99. The zero-order valence-electron chi connectivity index (χ0n) is 16.1. The summed E-state index contributed by atoms with van der Waals surface area (Å²) in [4.78, 5) is 14.4. The topological polar surface area (TPSA) is 41.1 Å². The number of ketones is 1. The van der Waals surface area contributed by atoms with Crippen LogP contribution in [0, 0.1) is 26.2 Å². The summed E-state index contributed by atoms with van der Waals surface area (Å²) >= 11 is 1.73. The van der Waals surface area contributed by atoms with E-state index in [4.69, 9.17) is 0 Å². The Bertz CT molecular complexity index is 936. The van der Waals surface area contributed by atoms with E-state index in [-0.39, 0.29) is 17.2 Å². The molecule has 4 rings (SSSR count). The Morgan fingerprint density at radius 1 is 1.04 bits per heavy atom. The van der Waals surface area contributed by atoms with E-state index in [1.165, 1.54) is 21.6 Å². The molecule has 0 amide bonds. The van der Waals surface area contributed by atoms with Gasteiger partial charge in [0.25, 0.3) is 0 Å². The first-order chi connectivity index (χ1) is 12.2. The first-order valence-corrected chi connectivity index (χ1v) is 10.1. The maximum Gasteiger partial charge on any atom is 0.163 e. The molecular formula is C22H26N2OS. The van der Waals surface area contributed by atoms with Gasteiger partial charge in [-0.2, -0.15) is 0 Å². The average Bonchev–Trinajstić information content (AvgIpc) is 2.88. The van der Waals surface area contributed by atoms with E-state index < -0.39 is 0 Å². The summed E-state index contributed by atoms with van der Waals surface area (Å²) in [6.07, 6.45) is 1.49. The number of hydrogen-bond donors (Lipinski definition) is 2.